The third-order valence-corrected chi connectivity index (χ3v) is 6.69. The van der Waals surface area contributed by atoms with E-state index in [9.17, 15) is 10.1 Å². The highest BCUT2D eigenvalue weighted by atomic mass is 32.1. The fourth-order valence-electron chi connectivity index (χ4n) is 2.81. The number of fused-ring (bicyclic) bond motifs is 1. The number of nitrogens with one attached hydrogen (secondary N) is 1. The van der Waals surface area contributed by atoms with E-state index in [1.165, 1.54) is 22.7 Å². The molecule has 1 amide bonds. The van der Waals surface area contributed by atoms with Gasteiger partial charge in [0.25, 0.3) is 5.91 Å². The van der Waals surface area contributed by atoms with Crippen LogP contribution in [0.1, 0.15) is 20.1 Å². The lowest BCUT2D eigenvalue weighted by molar-refractivity contribution is 0.0956. The fraction of sp³-hybridized carbons (Fsp3) is 0.0556. The number of anilines is 2. The molecule has 0 aliphatic rings. The summed E-state index contributed by atoms with van der Waals surface area (Å²) in [5.74, 6) is -0.129. The Bertz CT molecular complexity index is 1170. The van der Waals surface area contributed by atoms with Crippen LogP contribution >= 0.6 is 34.0 Å². The molecule has 134 valence electrons. The van der Waals surface area contributed by atoms with Gasteiger partial charge in [-0.05, 0) is 33.8 Å². The van der Waals surface area contributed by atoms with Crippen LogP contribution in [0.5, 0.6) is 0 Å². The van der Waals surface area contributed by atoms with Crippen molar-refractivity contribution in [2.75, 3.05) is 11.5 Å². The lowest BCUT2D eigenvalue weighted by Gasteiger charge is -2.07. The van der Waals surface area contributed by atoms with Gasteiger partial charge in [-0.15, -0.1) is 22.7 Å². The molecule has 27 heavy (non-hydrogen) atoms. The van der Waals surface area contributed by atoms with Gasteiger partial charge in [0, 0.05) is 15.8 Å². The van der Waals surface area contributed by atoms with E-state index in [2.05, 4.69) is 16.4 Å². The van der Waals surface area contributed by atoms with Crippen LogP contribution in [0.4, 0.5) is 11.5 Å². The Hall–Kier alpha value is -2.93. The summed E-state index contributed by atoms with van der Waals surface area (Å²) in [5.41, 5.74) is 14.4. The second kappa shape index (κ2) is 7.00. The maximum atomic E-state index is 12.7. The number of nitrogen functional groups attached to an aromatic ring is 2. The summed E-state index contributed by atoms with van der Waals surface area (Å²) >= 11 is 4.26. The molecule has 0 saturated carbocycles. The van der Waals surface area contributed by atoms with E-state index in [4.69, 9.17) is 11.5 Å². The smallest absolute Gasteiger partial charge is 0.263 e. The Morgan fingerprint density at radius 3 is 2.81 bits per heavy atom. The van der Waals surface area contributed by atoms with Crippen molar-refractivity contribution in [1.82, 2.24) is 10.3 Å². The molecule has 0 atom stereocenters. The number of nitrogens with two attached hydrogens (primary N) is 2. The minimum atomic E-state index is -0.266. The minimum absolute atomic E-state index is 0.137. The number of carbonyl (C=O) groups excluding carboxylic acids is 1. The van der Waals surface area contributed by atoms with E-state index < -0.39 is 0 Å². The van der Waals surface area contributed by atoms with E-state index in [-0.39, 0.29) is 17.3 Å². The number of nitrogens with zero attached hydrogens (tertiary/aromatic N) is 2. The Labute approximate surface area is 166 Å². The van der Waals surface area contributed by atoms with Crippen LogP contribution in [0, 0.1) is 11.3 Å². The lowest BCUT2D eigenvalue weighted by atomic mass is 9.99. The summed E-state index contributed by atoms with van der Waals surface area (Å²) in [6, 6.07) is 7.90. The molecular weight excluding hydrogens is 398 g/mol. The second-order valence-corrected chi connectivity index (χ2v) is 8.47. The Morgan fingerprint density at radius 2 is 2.15 bits per heavy atom. The van der Waals surface area contributed by atoms with Crippen LogP contribution in [0.3, 0.4) is 0 Å². The number of rotatable bonds is 4. The molecule has 0 spiro atoms. The molecule has 6 nitrogen and oxygen atoms in total. The predicted molar refractivity (Wildman–Crippen MR) is 112 cm³/mol. The normalized spacial score (nSPS) is 10.8. The Balaban J connectivity index is 1.83. The van der Waals surface area contributed by atoms with Crippen LogP contribution < -0.4 is 16.8 Å². The number of hydrogen-bond donors (Lipinski definition) is 3. The molecule has 4 aromatic rings. The average Bonchev–Trinajstić information content (AvgIpc) is 3.41. The SMILES string of the molecule is N#Cc1c(N)nc2sc(C(=O)NCc3cccs3)c(N)c2c1-c1ccsc1. The van der Waals surface area contributed by atoms with Crippen molar-refractivity contribution in [2.24, 2.45) is 0 Å². The second-order valence-electron chi connectivity index (χ2n) is 5.66. The first-order chi connectivity index (χ1) is 13.1. The zero-order valence-electron chi connectivity index (χ0n) is 13.9. The van der Waals surface area contributed by atoms with Crippen LogP contribution in [0.25, 0.3) is 21.3 Å². The first-order valence-corrected chi connectivity index (χ1v) is 10.5. The zero-order chi connectivity index (χ0) is 19.0. The van der Waals surface area contributed by atoms with Crippen LogP contribution in [0.15, 0.2) is 34.3 Å². The maximum Gasteiger partial charge on any atom is 0.263 e. The number of carbonyl (C=O) groups is 1. The van der Waals surface area contributed by atoms with Gasteiger partial charge >= 0.3 is 0 Å². The molecule has 0 aliphatic carbocycles. The lowest BCUT2D eigenvalue weighted by Crippen LogP contribution is -2.22. The van der Waals surface area contributed by atoms with E-state index in [0.29, 0.717) is 32.9 Å². The highest BCUT2D eigenvalue weighted by Crippen LogP contribution is 2.43. The van der Waals surface area contributed by atoms with Crippen molar-refractivity contribution >= 4 is 61.6 Å². The molecule has 0 bridgehead atoms. The van der Waals surface area contributed by atoms with Gasteiger partial charge in [-0.25, -0.2) is 4.98 Å². The summed E-state index contributed by atoms with van der Waals surface area (Å²) in [5, 5.41) is 18.8. The third-order valence-electron chi connectivity index (χ3n) is 4.04. The molecule has 0 aliphatic heterocycles. The highest BCUT2D eigenvalue weighted by molar-refractivity contribution is 7.21. The summed E-state index contributed by atoms with van der Waals surface area (Å²) in [7, 11) is 0. The van der Waals surface area contributed by atoms with Crippen molar-refractivity contribution in [3.05, 3.63) is 49.7 Å². The van der Waals surface area contributed by atoms with E-state index >= 15 is 0 Å². The van der Waals surface area contributed by atoms with Gasteiger partial charge < -0.3 is 16.8 Å². The summed E-state index contributed by atoms with van der Waals surface area (Å²) in [6.45, 7) is 0.431. The van der Waals surface area contributed by atoms with Crippen molar-refractivity contribution in [1.29, 1.82) is 5.26 Å². The molecule has 4 rings (SSSR count). The monoisotopic (exact) mass is 411 g/mol. The number of hydrogen-bond acceptors (Lipinski definition) is 8. The van der Waals surface area contributed by atoms with Crippen LogP contribution in [-0.2, 0) is 6.54 Å². The Morgan fingerprint density at radius 1 is 1.30 bits per heavy atom. The van der Waals surface area contributed by atoms with Crippen molar-refractivity contribution in [3.63, 3.8) is 0 Å². The molecule has 9 heteroatoms. The van der Waals surface area contributed by atoms with Gasteiger partial charge in [0.1, 0.15) is 27.2 Å². The van der Waals surface area contributed by atoms with Gasteiger partial charge in [0.05, 0.1) is 12.2 Å². The molecular formula is C18H13N5OS3. The summed E-state index contributed by atoms with van der Waals surface area (Å²) < 4.78 is 0. The molecule has 0 unspecified atom stereocenters. The zero-order valence-corrected chi connectivity index (χ0v) is 16.3. The van der Waals surface area contributed by atoms with E-state index in [0.717, 1.165) is 10.4 Å². The molecule has 0 saturated heterocycles. The first kappa shape index (κ1) is 17.5. The molecule has 0 radical (unpaired) electrons. The van der Waals surface area contributed by atoms with Crippen molar-refractivity contribution < 1.29 is 4.79 Å². The first-order valence-electron chi connectivity index (χ1n) is 7.84. The van der Waals surface area contributed by atoms with Crippen molar-refractivity contribution in [3.8, 4) is 17.2 Å². The Kier molecular flexibility index (Phi) is 4.53. The number of aromatic nitrogens is 1. The summed E-state index contributed by atoms with van der Waals surface area (Å²) in [4.78, 5) is 19.0. The van der Waals surface area contributed by atoms with Crippen LogP contribution in [0.2, 0.25) is 0 Å². The molecule has 0 fully saturated rings. The number of thiophene rings is 3. The largest absolute Gasteiger partial charge is 0.397 e. The van der Waals surface area contributed by atoms with Crippen molar-refractivity contribution in [2.45, 2.75) is 6.54 Å². The van der Waals surface area contributed by atoms with Gasteiger partial charge in [0.15, 0.2) is 0 Å². The number of nitriles is 1. The van der Waals surface area contributed by atoms with E-state index in [1.54, 1.807) is 11.3 Å². The molecule has 0 aromatic carbocycles. The predicted octanol–water partition coefficient (Wildman–Crippen LogP) is 4.05. The molecule has 4 heterocycles. The van der Waals surface area contributed by atoms with Gasteiger partial charge in [0.2, 0.25) is 0 Å². The quantitative estimate of drug-likeness (QED) is 0.468. The van der Waals surface area contributed by atoms with Gasteiger partial charge in [-0.2, -0.15) is 16.6 Å². The fourth-order valence-corrected chi connectivity index (χ4v) is 5.13. The van der Waals surface area contributed by atoms with Gasteiger partial charge in [-0.3, -0.25) is 4.79 Å². The molecule has 5 N–H and O–H groups in total. The van der Waals surface area contributed by atoms with Gasteiger partial charge in [-0.1, -0.05) is 6.07 Å². The third kappa shape index (κ3) is 3.04. The highest BCUT2D eigenvalue weighted by Gasteiger charge is 2.24. The topological polar surface area (TPSA) is 118 Å². The number of pyridine rings is 1. The standard InChI is InChI=1S/C18H13N5OS3/c19-6-11-12(9-3-5-25-8-9)13-14(20)15(27-18(13)23-16(11)21)17(24)22-7-10-2-1-4-26-10/h1-5,8H,7,20H2,(H2,21,23)(H,22,24). The average molecular weight is 412 g/mol. The van der Waals surface area contributed by atoms with Crippen LogP contribution in [-0.4, -0.2) is 10.9 Å². The molecule has 4 aromatic heterocycles. The summed E-state index contributed by atoms with van der Waals surface area (Å²) in [6.07, 6.45) is 0. The van der Waals surface area contributed by atoms with E-state index in [1.807, 2.05) is 34.3 Å². The minimum Gasteiger partial charge on any atom is -0.397 e. The maximum absolute atomic E-state index is 12.7. The number of amides is 1.